The molecule has 0 atom stereocenters. The van der Waals surface area contributed by atoms with Crippen LogP contribution < -0.4 is 4.90 Å². The second-order valence-corrected chi connectivity index (χ2v) is 5.57. The molecule has 102 valence electrons. The lowest BCUT2D eigenvalue weighted by molar-refractivity contribution is 0.0606. The van der Waals surface area contributed by atoms with Crippen molar-refractivity contribution in [3.05, 3.63) is 51.7 Å². The van der Waals surface area contributed by atoms with Crippen molar-refractivity contribution in [3.63, 3.8) is 0 Å². The van der Waals surface area contributed by atoms with Crippen molar-refractivity contribution in [2.45, 2.75) is 6.42 Å². The minimum atomic E-state index is -0.407. The molecule has 1 aromatic carbocycles. The zero-order valence-corrected chi connectivity index (χ0v) is 11.8. The van der Waals surface area contributed by atoms with E-state index in [0.717, 1.165) is 12.1 Å². The number of carbonyl (C=O) groups excluding carboxylic acids is 2. The highest BCUT2D eigenvalue weighted by atomic mass is 32.1. The number of esters is 1. The zero-order chi connectivity index (χ0) is 14.1. The molecule has 0 spiro atoms. The molecule has 0 bridgehead atoms. The molecule has 0 radical (unpaired) electrons. The van der Waals surface area contributed by atoms with Crippen molar-refractivity contribution in [3.8, 4) is 0 Å². The predicted molar refractivity (Wildman–Crippen MR) is 77.5 cm³/mol. The fraction of sp³-hybridized carbons (Fsp3) is 0.200. The molecule has 0 fully saturated rings. The van der Waals surface area contributed by atoms with Crippen molar-refractivity contribution in [2.24, 2.45) is 0 Å². The molecule has 0 saturated carbocycles. The van der Waals surface area contributed by atoms with Crippen molar-refractivity contribution >= 4 is 28.9 Å². The molecule has 0 N–H and O–H groups in total. The molecule has 3 rings (SSSR count). The van der Waals surface area contributed by atoms with Gasteiger partial charge in [-0.05, 0) is 30.2 Å². The van der Waals surface area contributed by atoms with Gasteiger partial charge in [0, 0.05) is 12.2 Å². The molecule has 0 unspecified atom stereocenters. The number of ether oxygens (including phenoxy) is 1. The van der Waals surface area contributed by atoms with E-state index in [1.165, 1.54) is 24.0 Å². The van der Waals surface area contributed by atoms with Crippen LogP contribution in [0.15, 0.2) is 36.4 Å². The molecule has 5 heteroatoms. The largest absolute Gasteiger partial charge is 0.465 e. The van der Waals surface area contributed by atoms with Gasteiger partial charge < -0.3 is 9.64 Å². The van der Waals surface area contributed by atoms with Crippen LogP contribution in [0.25, 0.3) is 0 Å². The van der Waals surface area contributed by atoms with Gasteiger partial charge in [0.1, 0.15) is 4.88 Å². The summed E-state index contributed by atoms with van der Waals surface area (Å²) < 4.78 is 4.66. The zero-order valence-electron chi connectivity index (χ0n) is 11.0. The lowest BCUT2D eigenvalue weighted by atomic mass is 10.2. The van der Waals surface area contributed by atoms with E-state index in [1.807, 2.05) is 24.3 Å². The van der Waals surface area contributed by atoms with Gasteiger partial charge in [-0.3, -0.25) is 4.79 Å². The Kier molecular flexibility index (Phi) is 3.28. The van der Waals surface area contributed by atoms with E-state index in [-0.39, 0.29) is 5.91 Å². The molecule has 20 heavy (non-hydrogen) atoms. The van der Waals surface area contributed by atoms with E-state index < -0.39 is 5.97 Å². The number of amides is 1. The van der Waals surface area contributed by atoms with Gasteiger partial charge in [-0.15, -0.1) is 11.3 Å². The molecule has 4 nitrogen and oxygen atoms in total. The molecule has 0 saturated heterocycles. The lowest BCUT2D eigenvalue weighted by Gasteiger charge is -2.16. The fourth-order valence-corrected chi connectivity index (χ4v) is 3.22. The molecule has 1 aliphatic heterocycles. The third-order valence-corrected chi connectivity index (χ3v) is 4.39. The fourth-order valence-electron chi connectivity index (χ4n) is 2.35. The highest BCUT2D eigenvalue weighted by Gasteiger charge is 2.26. The van der Waals surface area contributed by atoms with Gasteiger partial charge in [0.15, 0.2) is 0 Å². The van der Waals surface area contributed by atoms with Crippen molar-refractivity contribution in [1.82, 2.24) is 0 Å². The number of rotatable bonds is 2. The summed E-state index contributed by atoms with van der Waals surface area (Å²) in [6.45, 7) is 0.684. The first kappa shape index (κ1) is 12.9. The Morgan fingerprint density at radius 2 is 1.90 bits per heavy atom. The third kappa shape index (κ3) is 2.10. The Balaban J connectivity index is 1.87. The minimum Gasteiger partial charge on any atom is -0.465 e. The maximum Gasteiger partial charge on any atom is 0.348 e. The minimum absolute atomic E-state index is 0.0601. The average molecular weight is 287 g/mol. The van der Waals surface area contributed by atoms with Crippen LogP contribution in [0.2, 0.25) is 0 Å². The second kappa shape index (κ2) is 5.09. The summed E-state index contributed by atoms with van der Waals surface area (Å²) in [5.41, 5.74) is 2.15. The van der Waals surface area contributed by atoms with Gasteiger partial charge in [0.2, 0.25) is 0 Å². The summed E-state index contributed by atoms with van der Waals surface area (Å²) in [6, 6.07) is 11.2. The number of benzene rings is 1. The van der Waals surface area contributed by atoms with Crippen LogP contribution in [0.5, 0.6) is 0 Å². The van der Waals surface area contributed by atoms with E-state index in [9.17, 15) is 9.59 Å². The Hall–Kier alpha value is -2.14. The summed E-state index contributed by atoms with van der Waals surface area (Å²) in [5, 5.41) is 0. The highest BCUT2D eigenvalue weighted by molar-refractivity contribution is 7.16. The number of fused-ring (bicyclic) bond motifs is 1. The molecule has 1 aromatic heterocycles. The van der Waals surface area contributed by atoms with E-state index >= 15 is 0 Å². The number of hydrogen-bond donors (Lipinski definition) is 0. The van der Waals surface area contributed by atoms with Gasteiger partial charge in [-0.1, -0.05) is 18.2 Å². The van der Waals surface area contributed by atoms with Gasteiger partial charge in [0.25, 0.3) is 5.91 Å². The van der Waals surface area contributed by atoms with Crippen molar-refractivity contribution < 1.29 is 14.3 Å². The van der Waals surface area contributed by atoms with Gasteiger partial charge in [-0.25, -0.2) is 4.79 Å². The second-order valence-electron chi connectivity index (χ2n) is 4.49. The number of hydrogen-bond acceptors (Lipinski definition) is 4. The SMILES string of the molecule is COC(=O)c1ccc(C(=O)N2CCc3ccccc32)s1. The maximum absolute atomic E-state index is 12.5. The van der Waals surface area contributed by atoms with Crippen LogP contribution in [0.3, 0.4) is 0 Å². The van der Waals surface area contributed by atoms with E-state index in [1.54, 1.807) is 17.0 Å². The smallest absolute Gasteiger partial charge is 0.348 e. The highest BCUT2D eigenvalue weighted by Crippen LogP contribution is 2.30. The van der Waals surface area contributed by atoms with Crippen LogP contribution in [-0.4, -0.2) is 25.5 Å². The Morgan fingerprint density at radius 1 is 1.15 bits per heavy atom. The van der Waals surface area contributed by atoms with E-state index in [0.29, 0.717) is 16.3 Å². The summed E-state index contributed by atoms with van der Waals surface area (Å²) in [6.07, 6.45) is 0.872. The van der Waals surface area contributed by atoms with E-state index in [4.69, 9.17) is 0 Å². The first-order valence-corrected chi connectivity index (χ1v) is 7.10. The molecule has 2 aromatic rings. The van der Waals surface area contributed by atoms with Crippen LogP contribution in [0.1, 0.15) is 24.9 Å². The summed E-state index contributed by atoms with van der Waals surface area (Å²) in [7, 11) is 1.33. The molecule has 0 aliphatic carbocycles. The monoisotopic (exact) mass is 287 g/mol. The normalized spacial score (nSPS) is 13.2. The lowest BCUT2D eigenvalue weighted by Crippen LogP contribution is -2.28. The average Bonchev–Trinajstić information content (AvgIpc) is 3.12. The Labute approximate surface area is 120 Å². The summed E-state index contributed by atoms with van der Waals surface area (Å²) in [5.74, 6) is -0.467. The number of para-hydroxylation sites is 1. The Morgan fingerprint density at radius 3 is 2.70 bits per heavy atom. The van der Waals surface area contributed by atoms with Crippen molar-refractivity contribution in [2.75, 3.05) is 18.6 Å². The van der Waals surface area contributed by atoms with Gasteiger partial charge >= 0.3 is 5.97 Å². The summed E-state index contributed by atoms with van der Waals surface area (Å²) >= 11 is 1.17. The van der Waals surface area contributed by atoms with Crippen LogP contribution in [0.4, 0.5) is 5.69 Å². The standard InChI is InChI=1S/C15H13NO3S/c1-19-15(18)13-7-6-12(20-13)14(17)16-9-8-10-4-2-3-5-11(10)16/h2-7H,8-9H2,1H3. The topological polar surface area (TPSA) is 46.6 Å². The van der Waals surface area contributed by atoms with Gasteiger partial charge in [0.05, 0.1) is 12.0 Å². The molecular formula is C15H13NO3S. The summed E-state index contributed by atoms with van der Waals surface area (Å²) in [4.78, 5) is 26.7. The van der Waals surface area contributed by atoms with Crippen LogP contribution in [0, 0.1) is 0 Å². The predicted octanol–water partition coefficient (Wildman–Crippen LogP) is 2.74. The number of thiophene rings is 1. The Bertz CT molecular complexity index is 677. The number of carbonyl (C=O) groups is 2. The third-order valence-electron chi connectivity index (χ3n) is 3.34. The molecule has 2 heterocycles. The first-order chi connectivity index (χ1) is 9.70. The first-order valence-electron chi connectivity index (χ1n) is 6.28. The molecule has 1 amide bonds. The van der Waals surface area contributed by atoms with Crippen molar-refractivity contribution in [1.29, 1.82) is 0 Å². The number of nitrogens with zero attached hydrogens (tertiary/aromatic N) is 1. The number of methoxy groups -OCH3 is 1. The maximum atomic E-state index is 12.5. The van der Waals surface area contributed by atoms with E-state index in [2.05, 4.69) is 4.74 Å². The van der Waals surface area contributed by atoms with Crippen LogP contribution >= 0.6 is 11.3 Å². The molecule has 1 aliphatic rings. The van der Waals surface area contributed by atoms with Crippen LogP contribution in [-0.2, 0) is 11.2 Å². The quantitative estimate of drug-likeness (QED) is 0.798. The number of anilines is 1. The van der Waals surface area contributed by atoms with Gasteiger partial charge in [-0.2, -0.15) is 0 Å². The molecular weight excluding hydrogens is 274 g/mol.